The van der Waals surface area contributed by atoms with Crippen molar-refractivity contribution in [3.05, 3.63) is 93.6 Å². The van der Waals surface area contributed by atoms with Gasteiger partial charge in [-0.15, -0.1) is 34.0 Å². The monoisotopic (exact) mass is 570 g/mol. The number of hydrogen-bond acceptors (Lipinski definition) is 9. The number of aliphatic hydroxyl groups excluding tert-OH is 1. The molecule has 37 heavy (non-hydrogen) atoms. The highest BCUT2D eigenvalue weighted by molar-refractivity contribution is 7.87. The van der Waals surface area contributed by atoms with E-state index in [1.165, 1.54) is 11.3 Å². The molecule has 0 saturated heterocycles. The molecule has 1 atom stereocenters. The molecule has 5 rings (SSSR count). The van der Waals surface area contributed by atoms with Crippen LogP contribution in [0, 0.1) is 0 Å². The van der Waals surface area contributed by atoms with Crippen LogP contribution in [-0.2, 0) is 23.3 Å². The number of aliphatic hydroxyl groups is 1. The molecule has 3 aromatic heterocycles. The Labute approximate surface area is 226 Å². The van der Waals surface area contributed by atoms with Crippen LogP contribution in [0.1, 0.15) is 22.9 Å². The molecule has 2 aromatic carbocycles. The third-order valence-corrected chi connectivity index (χ3v) is 8.68. The number of thiophene rings is 1. The number of nitrogens with one attached hydrogen (secondary N) is 2. The first kappa shape index (κ1) is 25.5. The van der Waals surface area contributed by atoms with Crippen LogP contribution < -0.4 is 10.0 Å². The first-order valence-corrected chi connectivity index (χ1v) is 15.2. The maximum atomic E-state index is 11.1. The van der Waals surface area contributed by atoms with Crippen molar-refractivity contribution in [2.24, 2.45) is 0 Å². The van der Waals surface area contributed by atoms with Gasteiger partial charge in [0.1, 0.15) is 5.01 Å². The number of rotatable bonds is 10. The summed E-state index contributed by atoms with van der Waals surface area (Å²) in [6, 6.07) is 18.3. The molecule has 0 amide bonds. The molecule has 3 heterocycles. The number of hydrogen-bond donors (Lipinski definition) is 4. The first-order chi connectivity index (χ1) is 17.9. The smallest absolute Gasteiger partial charge is 0.357 e. The Morgan fingerprint density at radius 1 is 0.919 bits per heavy atom. The van der Waals surface area contributed by atoms with Crippen LogP contribution >= 0.6 is 34.0 Å². The van der Waals surface area contributed by atoms with Gasteiger partial charge >= 0.3 is 10.3 Å². The lowest BCUT2D eigenvalue weighted by Crippen LogP contribution is -2.14. The summed E-state index contributed by atoms with van der Waals surface area (Å²) in [4.78, 5) is 10.8. The second-order valence-corrected chi connectivity index (χ2v) is 11.9. The topological polar surface area (TPSA) is 124 Å². The summed E-state index contributed by atoms with van der Waals surface area (Å²) in [6.07, 6.45) is 0.571. The Morgan fingerprint density at radius 2 is 1.73 bits per heavy atom. The summed E-state index contributed by atoms with van der Waals surface area (Å²) in [5, 5.41) is 20.9. The van der Waals surface area contributed by atoms with E-state index in [1.54, 1.807) is 46.9 Å². The molecule has 0 aliphatic rings. The summed E-state index contributed by atoms with van der Waals surface area (Å²) in [7, 11) is -4.33. The van der Waals surface area contributed by atoms with Gasteiger partial charge in [0.15, 0.2) is 5.13 Å². The van der Waals surface area contributed by atoms with Crippen molar-refractivity contribution in [1.29, 1.82) is 0 Å². The third-order valence-electron chi connectivity index (χ3n) is 5.52. The zero-order chi connectivity index (χ0) is 25.8. The number of benzene rings is 2. The van der Waals surface area contributed by atoms with E-state index in [0.717, 1.165) is 43.1 Å². The SMILES string of the molecule is O=S(=O)(O)Nc1ccc(C[C@H](Nc2nc(-c3ccccc3CO)cs2)c2csc(-c3cccs3)n2)cc1. The van der Waals surface area contributed by atoms with Gasteiger partial charge in [0.05, 0.1) is 34.6 Å². The van der Waals surface area contributed by atoms with Crippen molar-refractivity contribution >= 4 is 55.1 Å². The van der Waals surface area contributed by atoms with Gasteiger partial charge in [0.2, 0.25) is 0 Å². The van der Waals surface area contributed by atoms with Crippen LogP contribution in [0.5, 0.6) is 0 Å². The predicted molar refractivity (Wildman–Crippen MR) is 151 cm³/mol. The fourth-order valence-electron chi connectivity index (χ4n) is 3.80. The largest absolute Gasteiger partial charge is 0.392 e. The highest BCUT2D eigenvalue weighted by Gasteiger charge is 2.19. The van der Waals surface area contributed by atoms with Crippen molar-refractivity contribution in [1.82, 2.24) is 9.97 Å². The summed E-state index contributed by atoms with van der Waals surface area (Å²) >= 11 is 4.70. The highest BCUT2D eigenvalue weighted by atomic mass is 32.2. The molecule has 8 nitrogen and oxygen atoms in total. The molecule has 0 fully saturated rings. The zero-order valence-electron chi connectivity index (χ0n) is 19.2. The number of nitrogens with zero attached hydrogens (tertiary/aromatic N) is 2. The minimum absolute atomic E-state index is 0.0636. The number of aromatic nitrogens is 2. The molecule has 0 bridgehead atoms. The van der Waals surface area contributed by atoms with Gasteiger partial charge in [-0.05, 0) is 41.1 Å². The molecule has 0 spiro atoms. The van der Waals surface area contributed by atoms with E-state index in [1.807, 2.05) is 52.5 Å². The van der Waals surface area contributed by atoms with E-state index in [9.17, 15) is 13.5 Å². The van der Waals surface area contributed by atoms with E-state index >= 15 is 0 Å². The van der Waals surface area contributed by atoms with Gasteiger partial charge in [-0.3, -0.25) is 9.27 Å². The summed E-state index contributed by atoms with van der Waals surface area (Å²) in [5.41, 5.74) is 4.59. The van der Waals surface area contributed by atoms with Crippen LogP contribution in [0.25, 0.3) is 21.1 Å². The normalized spacial score (nSPS) is 12.4. The molecule has 190 valence electrons. The van der Waals surface area contributed by atoms with Crippen molar-refractivity contribution in [2.45, 2.75) is 19.1 Å². The summed E-state index contributed by atoms with van der Waals surface area (Å²) in [6.45, 7) is -0.0636. The zero-order valence-corrected chi connectivity index (χ0v) is 22.5. The van der Waals surface area contributed by atoms with Gasteiger partial charge in [0, 0.05) is 16.3 Å². The minimum atomic E-state index is -4.33. The van der Waals surface area contributed by atoms with E-state index in [4.69, 9.17) is 14.5 Å². The maximum Gasteiger partial charge on any atom is 0.357 e. The van der Waals surface area contributed by atoms with E-state index in [2.05, 4.69) is 10.0 Å². The predicted octanol–water partition coefficient (Wildman–Crippen LogP) is 6.10. The number of anilines is 2. The quantitative estimate of drug-likeness (QED) is 0.150. The molecule has 5 aromatic rings. The lowest BCUT2D eigenvalue weighted by Gasteiger charge is -2.17. The lowest BCUT2D eigenvalue weighted by atomic mass is 10.0. The van der Waals surface area contributed by atoms with Crippen LogP contribution in [0.15, 0.2) is 76.8 Å². The lowest BCUT2D eigenvalue weighted by molar-refractivity contribution is 0.282. The Balaban J connectivity index is 1.42. The van der Waals surface area contributed by atoms with Crippen LogP contribution in [0.3, 0.4) is 0 Å². The Hall–Kier alpha value is -3.13. The molecule has 0 aliphatic carbocycles. The molecule has 0 aliphatic heterocycles. The van der Waals surface area contributed by atoms with Gasteiger partial charge in [0.25, 0.3) is 0 Å². The van der Waals surface area contributed by atoms with Crippen LogP contribution in [-0.4, -0.2) is 28.0 Å². The molecular weight excluding hydrogens is 549 g/mol. The molecule has 4 N–H and O–H groups in total. The third kappa shape index (κ3) is 6.42. The van der Waals surface area contributed by atoms with Gasteiger partial charge in [-0.1, -0.05) is 42.5 Å². The van der Waals surface area contributed by atoms with E-state index in [0.29, 0.717) is 6.42 Å². The Kier molecular flexibility index (Phi) is 7.65. The average molecular weight is 571 g/mol. The minimum Gasteiger partial charge on any atom is -0.392 e. The molecular formula is C25H22N4O4S4. The molecule has 0 radical (unpaired) electrons. The fourth-order valence-corrected chi connectivity index (χ4v) is 6.69. The maximum absolute atomic E-state index is 11.1. The van der Waals surface area contributed by atoms with Crippen molar-refractivity contribution in [3.63, 3.8) is 0 Å². The molecule has 0 saturated carbocycles. The first-order valence-electron chi connectivity index (χ1n) is 11.1. The van der Waals surface area contributed by atoms with E-state index in [-0.39, 0.29) is 18.3 Å². The van der Waals surface area contributed by atoms with Crippen LogP contribution in [0.4, 0.5) is 10.8 Å². The second-order valence-electron chi connectivity index (χ2n) is 8.08. The number of thiazole rings is 2. The van der Waals surface area contributed by atoms with Gasteiger partial charge in [-0.25, -0.2) is 9.97 Å². The summed E-state index contributed by atoms with van der Waals surface area (Å²) < 4.78 is 33.3. The van der Waals surface area contributed by atoms with Crippen molar-refractivity contribution in [2.75, 3.05) is 10.0 Å². The van der Waals surface area contributed by atoms with Gasteiger partial charge < -0.3 is 10.4 Å². The Morgan fingerprint density at radius 3 is 2.46 bits per heavy atom. The van der Waals surface area contributed by atoms with E-state index < -0.39 is 10.3 Å². The van der Waals surface area contributed by atoms with Crippen molar-refractivity contribution < 1.29 is 18.1 Å². The average Bonchev–Trinajstić information content (AvgIpc) is 3.65. The molecule has 0 unspecified atom stereocenters. The Bertz CT molecular complexity index is 1580. The standard InChI is InChI=1S/C25H22N4O4S4/c30-13-17-4-1-2-5-19(17)21-14-36-25(28-21)27-20(22-15-35-24(26-22)23-6-3-11-34-23)12-16-7-9-18(10-8-16)29-37(31,32)33/h1-11,14-15,20,29-30H,12-13H2,(H,27,28)(H,31,32,33)/t20-/m0/s1. The highest BCUT2D eigenvalue weighted by Crippen LogP contribution is 2.34. The summed E-state index contributed by atoms with van der Waals surface area (Å²) in [5.74, 6) is 0. The second kappa shape index (κ2) is 11.1. The fraction of sp³-hybridized carbons (Fsp3) is 0.120. The van der Waals surface area contributed by atoms with Crippen LogP contribution in [0.2, 0.25) is 0 Å². The van der Waals surface area contributed by atoms with Gasteiger partial charge in [-0.2, -0.15) is 8.42 Å². The molecule has 12 heteroatoms. The van der Waals surface area contributed by atoms with Crippen molar-refractivity contribution in [3.8, 4) is 21.1 Å².